The van der Waals surface area contributed by atoms with Gasteiger partial charge in [0.05, 0.1) is 25.6 Å². The van der Waals surface area contributed by atoms with Crippen molar-refractivity contribution in [2.45, 2.75) is 19.9 Å². The zero-order valence-electron chi connectivity index (χ0n) is 16.2. The standard InChI is InChI=1S/C21H22ClN3O3/c1-13(2)23-21(26)19-12-18(17-10-9-16(27-3)11-20(17)28-4)24-25(19)15-7-5-14(22)6-8-15/h5-13H,1-4H3,(H,23,26). The summed E-state index contributed by atoms with van der Waals surface area (Å²) in [6.07, 6.45) is 0. The Balaban J connectivity index is 2.14. The molecule has 3 rings (SSSR count). The Kier molecular flexibility index (Phi) is 5.90. The van der Waals surface area contributed by atoms with Gasteiger partial charge in [-0.15, -0.1) is 0 Å². The Morgan fingerprint density at radius 1 is 1.07 bits per heavy atom. The number of aromatic nitrogens is 2. The number of nitrogens with zero attached hydrogens (tertiary/aromatic N) is 2. The van der Waals surface area contributed by atoms with Gasteiger partial charge in [-0.25, -0.2) is 4.68 Å². The monoisotopic (exact) mass is 399 g/mol. The van der Waals surface area contributed by atoms with Crippen molar-refractivity contribution >= 4 is 17.5 Å². The highest BCUT2D eigenvalue weighted by molar-refractivity contribution is 6.30. The predicted molar refractivity (Wildman–Crippen MR) is 110 cm³/mol. The lowest BCUT2D eigenvalue weighted by Gasteiger charge is -2.10. The number of ether oxygens (including phenoxy) is 2. The molecule has 0 bridgehead atoms. The van der Waals surface area contributed by atoms with Crippen LogP contribution in [0.1, 0.15) is 24.3 Å². The summed E-state index contributed by atoms with van der Waals surface area (Å²) in [7, 11) is 3.18. The lowest BCUT2D eigenvalue weighted by Crippen LogP contribution is -2.31. The maximum atomic E-state index is 12.8. The second-order valence-electron chi connectivity index (χ2n) is 6.50. The van der Waals surface area contributed by atoms with E-state index < -0.39 is 0 Å². The lowest BCUT2D eigenvalue weighted by atomic mass is 10.1. The molecule has 1 heterocycles. The Bertz CT molecular complexity index is 981. The summed E-state index contributed by atoms with van der Waals surface area (Å²) in [4.78, 5) is 12.8. The first-order valence-corrected chi connectivity index (χ1v) is 9.20. The first-order valence-electron chi connectivity index (χ1n) is 8.82. The van der Waals surface area contributed by atoms with Gasteiger partial charge in [0.1, 0.15) is 17.2 Å². The van der Waals surface area contributed by atoms with E-state index >= 15 is 0 Å². The topological polar surface area (TPSA) is 65.4 Å². The number of carbonyl (C=O) groups excluding carboxylic acids is 1. The van der Waals surface area contributed by atoms with E-state index in [1.54, 1.807) is 43.2 Å². The van der Waals surface area contributed by atoms with Gasteiger partial charge in [0.15, 0.2) is 0 Å². The maximum Gasteiger partial charge on any atom is 0.270 e. The van der Waals surface area contributed by atoms with Crippen molar-refractivity contribution in [1.82, 2.24) is 15.1 Å². The SMILES string of the molecule is COc1ccc(-c2cc(C(=O)NC(C)C)n(-c3ccc(Cl)cc3)n2)c(OC)c1. The summed E-state index contributed by atoms with van der Waals surface area (Å²) in [6.45, 7) is 3.82. The Morgan fingerprint density at radius 3 is 2.39 bits per heavy atom. The molecule has 0 aliphatic heterocycles. The quantitative estimate of drug-likeness (QED) is 0.669. The summed E-state index contributed by atoms with van der Waals surface area (Å²) < 4.78 is 12.4. The van der Waals surface area contributed by atoms with Crippen LogP contribution in [-0.2, 0) is 0 Å². The molecule has 0 atom stereocenters. The Hall–Kier alpha value is -2.99. The summed E-state index contributed by atoms with van der Waals surface area (Å²) in [5.41, 5.74) is 2.53. The van der Waals surface area contributed by atoms with Gasteiger partial charge in [0, 0.05) is 22.7 Å². The molecule has 0 saturated carbocycles. The van der Waals surface area contributed by atoms with Gasteiger partial charge in [-0.1, -0.05) is 11.6 Å². The third-order valence-electron chi connectivity index (χ3n) is 4.12. The molecule has 0 aliphatic carbocycles. The second-order valence-corrected chi connectivity index (χ2v) is 6.93. The van der Waals surface area contributed by atoms with Gasteiger partial charge in [0.25, 0.3) is 5.91 Å². The molecule has 1 amide bonds. The van der Waals surface area contributed by atoms with Crippen LogP contribution in [0, 0.1) is 0 Å². The highest BCUT2D eigenvalue weighted by Crippen LogP contribution is 2.33. The second kappa shape index (κ2) is 8.35. The van der Waals surface area contributed by atoms with Crippen molar-refractivity contribution in [1.29, 1.82) is 0 Å². The van der Waals surface area contributed by atoms with E-state index in [0.717, 1.165) is 11.3 Å². The highest BCUT2D eigenvalue weighted by Gasteiger charge is 2.20. The number of methoxy groups -OCH3 is 2. The smallest absolute Gasteiger partial charge is 0.270 e. The van der Waals surface area contributed by atoms with E-state index in [4.69, 9.17) is 21.1 Å². The van der Waals surface area contributed by atoms with Gasteiger partial charge < -0.3 is 14.8 Å². The first-order chi connectivity index (χ1) is 13.4. The number of amides is 1. The molecule has 7 heteroatoms. The molecule has 0 saturated heterocycles. The largest absolute Gasteiger partial charge is 0.497 e. The number of benzene rings is 2. The highest BCUT2D eigenvalue weighted by atomic mass is 35.5. The van der Waals surface area contributed by atoms with Gasteiger partial charge in [-0.05, 0) is 56.3 Å². The summed E-state index contributed by atoms with van der Waals surface area (Å²) in [6, 6.07) is 14.4. The molecule has 3 aromatic rings. The molecule has 146 valence electrons. The fraction of sp³-hybridized carbons (Fsp3) is 0.238. The average molecular weight is 400 g/mol. The third-order valence-corrected chi connectivity index (χ3v) is 4.37. The number of carbonyl (C=O) groups is 1. The van der Waals surface area contributed by atoms with Crippen molar-refractivity contribution in [3.05, 3.63) is 59.2 Å². The zero-order valence-corrected chi connectivity index (χ0v) is 16.9. The molecule has 2 aromatic carbocycles. The number of hydrogen-bond acceptors (Lipinski definition) is 4. The van der Waals surface area contributed by atoms with Crippen molar-refractivity contribution in [2.24, 2.45) is 0 Å². The molecule has 1 aromatic heterocycles. The number of halogens is 1. The molecule has 0 fully saturated rings. The van der Waals surface area contributed by atoms with Gasteiger partial charge in [0.2, 0.25) is 0 Å². The predicted octanol–water partition coefficient (Wildman–Crippen LogP) is 4.35. The van der Waals surface area contributed by atoms with Crippen LogP contribution in [0.15, 0.2) is 48.5 Å². The minimum Gasteiger partial charge on any atom is -0.497 e. The fourth-order valence-corrected chi connectivity index (χ4v) is 2.93. The van der Waals surface area contributed by atoms with E-state index in [0.29, 0.717) is 27.9 Å². The van der Waals surface area contributed by atoms with Crippen LogP contribution in [0.4, 0.5) is 0 Å². The first kappa shape index (κ1) is 19.8. The van der Waals surface area contributed by atoms with Crippen molar-refractivity contribution in [2.75, 3.05) is 14.2 Å². The van der Waals surface area contributed by atoms with Crippen LogP contribution in [0.2, 0.25) is 5.02 Å². The lowest BCUT2D eigenvalue weighted by molar-refractivity contribution is 0.0935. The molecule has 28 heavy (non-hydrogen) atoms. The Labute approximate surface area is 169 Å². The van der Waals surface area contributed by atoms with E-state index in [2.05, 4.69) is 10.4 Å². The molecular weight excluding hydrogens is 378 g/mol. The van der Waals surface area contributed by atoms with Gasteiger partial charge in [-0.3, -0.25) is 4.79 Å². The normalized spacial score (nSPS) is 10.8. The molecule has 6 nitrogen and oxygen atoms in total. The molecule has 0 unspecified atom stereocenters. The average Bonchev–Trinajstić information content (AvgIpc) is 3.12. The molecular formula is C21H22ClN3O3. The summed E-state index contributed by atoms with van der Waals surface area (Å²) >= 11 is 6.00. The molecule has 1 N–H and O–H groups in total. The summed E-state index contributed by atoms with van der Waals surface area (Å²) in [5.74, 6) is 1.07. The fourth-order valence-electron chi connectivity index (χ4n) is 2.80. The van der Waals surface area contributed by atoms with E-state index in [9.17, 15) is 4.79 Å². The maximum absolute atomic E-state index is 12.8. The molecule has 0 radical (unpaired) electrons. The van der Waals surface area contributed by atoms with E-state index in [1.165, 1.54) is 0 Å². The summed E-state index contributed by atoms with van der Waals surface area (Å²) in [5, 5.41) is 8.19. The van der Waals surface area contributed by atoms with Crippen LogP contribution in [-0.4, -0.2) is 35.9 Å². The van der Waals surface area contributed by atoms with Gasteiger partial charge >= 0.3 is 0 Å². The van der Waals surface area contributed by atoms with Crippen LogP contribution in [0.5, 0.6) is 11.5 Å². The van der Waals surface area contributed by atoms with Crippen LogP contribution < -0.4 is 14.8 Å². The zero-order chi connectivity index (χ0) is 20.3. The van der Waals surface area contributed by atoms with E-state index in [1.807, 2.05) is 38.1 Å². The van der Waals surface area contributed by atoms with E-state index in [-0.39, 0.29) is 11.9 Å². The Morgan fingerprint density at radius 2 is 1.79 bits per heavy atom. The van der Waals surface area contributed by atoms with Crippen LogP contribution in [0.3, 0.4) is 0 Å². The van der Waals surface area contributed by atoms with Gasteiger partial charge in [-0.2, -0.15) is 5.10 Å². The minimum absolute atomic E-state index is 0.0000374. The third kappa shape index (κ3) is 4.12. The number of hydrogen-bond donors (Lipinski definition) is 1. The minimum atomic E-state index is -0.212. The molecule has 0 spiro atoms. The van der Waals surface area contributed by atoms with Crippen molar-refractivity contribution < 1.29 is 14.3 Å². The van der Waals surface area contributed by atoms with Crippen LogP contribution in [0.25, 0.3) is 16.9 Å². The van der Waals surface area contributed by atoms with Crippen LogP contribution >= 0.6 is 11.6 Å². The number of rotatable bonds is 6. The van der Waals surface area contributed by atoms with Crippen molar-refractivity contribution in [3.63, 3.8) is 0 Å². The van der Waals surface area contributed by atoms with Crippen molar-refractivity contribution in [3.8, 4) is 28.4 Å². The molecule has 0 aliphatic rings. The number of nitrogens with one attached hydrogen (secondary N) is 1.